The molecule has 0 aliphatic rings. The third-order valence-corrected chi connectivity index (χ3v) is 3.06. The molecule has 0 radical (unpaired) electrons. The van der Waals surface area contributed by atoms with Crippen LogP contribution in [0.3, 0.4) is 0 Å². The van der Waals surface area contributed by atoms with Crippen LogP contribution in [0.25, 0.3) is 0 Å². The topological polar surface area (TPSA) is 76.3 Å². The number of hydrogen-bond donors (Lipinski definition) is 1. The molecule has 0 spiro atoms. The van der Waals surface area contributed by atoms with Gasteiger partial charge in [0, 0.05) is 5.75 Å². The summed E-state index contributed by atoms with van der Waals surface area (Å²) < 4.78 is 0.621. The molecule has 1 aromatic rings. The van der Waals surface area contributed by atoms with E-state index in [0.29, 0.717) is 10.1 Å². The third-order valence-electron chi connectivity index (χ3n) is 0.969. The molecule has 0 aliphatic carbocycles. The maximum Gasteiger partial charge on any atom is 0.344 e. The summed E-state index contributed by atoms with van der Waals surface area (Å²) in [5.41, 5.74) is 0. The Balaban J connectivity index is 2.58. The van der Waals surface area contributed by atoms with Crippen molar-refractivity contribution in [1.82, 2.24) is 4.98 Å². The lowest BCUT2D eigenvalue weighted by atomic mass is 10.9. The van der Waals surface area contributed by atoms with Gasteiger partial charge in [0.05, 0.1) is 11.5 Å². The normalized spacial score (nSPS) is 10.1. The van der Waals surface area contributed by atoms with Crippen molar-refractivity contribution in [3.8, 4) is 0 Å². The fourth-order valence-electron chi connectivity index (χ4n) is 0.534. The maximum atomic E-state index is 10.2. The zero-order valence-electron chi connectivity index (χ0n) is 5.97. The molecule has 12 heavy (non-hydrogen) atoms. The molecule has 1 N–H and O–H groups in total. The van der Waals surface area contributed by atoms with E-state index >= 15 is 0 Å². The summed E-state index contributed by atoms with van der Waals surface area (Å²) in [5, 5.41) is 18.7. The van der Waals surface area contributed by atoms with Gasteiger partial charge in [0.25, 0.3) is 0 Å². The second-order valence-corrected chi connectivity index (χ2v) is 4.14. The molecular weight excluding hydrogens is 200 g/mol. The minimum atomic E-state index is -0.472. The van der Waals surface area contributed by atoms with Crippen molar-refractivity contribution < 1.29 is 10.0 Å². The highest BCUT2D eigenvalue weighted by Gasteiger charge is 2.10. The van der Waals surface area contributed by atoms with Crippen molar-refractivity contribution in [2.45, 2.75) is 4.34 Å². The van der Waals surface area contributed by atoms with E-state index in [2.05, 4.69) is 4.98 Å². The average molecular weight is 206 g/mol. The SMILES string of the molecule is O=[N+]([O-])c1cnc(SCCO)s1. The Morgan fingerprint density at radius 3 is 3.08 bits per heavy atom. The van der Waals surface area contributed by atoms with E-state index in [9.17, 15) is 10.1 Å². The van der Waals surface area contributed by atoms with E-state index in [1.54, 1.807) is 0 Å². The molecule has 0 atom stereocenters. The van der Waals surface area contributed by atoms with E-state index in [0.717, 1.165) is 11.3 Å². The fraction of sp³-hybridized carbons (Fsp3) is 0.400. The molecule has 66 valence electrons. The van der Waals surface area contributed by atoms with Crippen molar-refractivity contribution in [2.75, 3.05) is 12.4 Å². The highest BCUT2D eigenvalue weighted by molar-refractivity contribution is 8.01. The van der Waals surface area contributed by atoms with E-state index in [1.165, 1.54) is 18.0 Å². The molecular formula is C5H6N2O3S2. The Morgan fingerprint density at radius 1 is 1.83 bits per heavy atom. The number of nitrogens with zero attached hydrogens (tertiary/aromatic N) is 2. The smallest absolute Gasteiger partial charge is 0.344 e. The zero-order valence-corrected chi connectivity index (χ0v) is 7.60. The summed E-state index contributed by atoms with van der Waals surface area (Å²) in [7, 11) is 0. The summed E-state index contributed by atoms with van der Waals surface area (Å²) in [6, 6.07) is 0. The third kappa shape index (κ3) is 2.43. The van der Waals surface area contributed by atoms with Crippen LogP contribution in [0.2, 0.25) is 0 Å². The molecule has 0 fully saturated rings. The summed E-state index contributed by atoms with van der Waals surface area (Å²) in [6.07, 6.45) is 1.23. The van der Waals surface area contributed by atoms with Crippen LogP contribution in [-0.4, -0.2) is 27.4 Å². The largest absolute Gasteiger partial charge is 0.396 e. The predicted octanol–water partition coefficient (Wildman–Crippen LogP) is 1.14. The number of rotatable bonds is 4. The first-order chi connectivity index (χ1) is 5.74. The Bertz CT molecular complexity index is 275. The van der Waals surface area contributed by atoms with Crippen molar-refractivity contribution >= 4 is 28.1 Å². The predicted molar refractivity (Wildman–Crippen MR) is 46.6 cm³/mol. The number of aliphatic hydroxyl groups excluding tert-OH is 1. The molecule has 1 heterocycles. The zero-order chi connectivity index (χ0) is 8.97. The lowest BCUT2D eigenvalue weighted by Crippen LogP contribution is -1.83. The highest BCUT2D eigenvalue weighted by atomic mass is 32.2. The molecule has 7 heteroatoms. The quantitative estimate of drug-likeness (QED) is 0.454. The molecule has 1 aromatic heterocycles. The van der Waals surface area contributed by atoms with Crippen molar-refractivity contribution in [1.29, 1.82) is 0 Å². The lowest BCUT2D eigenvalue weighted by molar-refractivity contribution is -0.380. The molecule has 1 rings (SSSR count). The number of nitro groups is 1. The Hall–Kier alpha value is -0.660. The monoisotopic (exact) mass is 206 g/mol. The van der Waals surface area contributed by atoms with E-state index in [4.69, 9.17) is 5.11 Å². The van der Waals surface area contributed by atoms with E-state index in [-0.39, 0.29) is 11.6 Å². The van der Waals surface area contributed by atoms with Gasteiger partial charge in [0.1, 0.15) is 6.20 Å². The summed E-state index contributed by atoms with van der Waals surface area (Å²) >= 11 is 2.33. The van der Waals surface area contributed by atoms with E-state index in [1.807, 2.05) is 0 Å². The van der Waals surface area contributed by atoms with Crippen LogP contribution in [0.1, 0.15) is 0 Å². The fourth-order valence-corrected chi connectivity index (χ4v) is 2.13. The number of aliphatic hydroxyl groups is 1. The average Bonchev–Trinajstić information content (AvgIpc) is 2.48. The van der Waals surface area contributed by atoms with Gasteiger partial charge < -0.3 is 5.11 Å². The van der Waals surface area contributed by atoms with Gasteiger partial charge in [0.15, 0.2) is 4.34 Å². The van der Waals surface area contributed by atoms with Crippen LogP contribution in [0.15, 0.2) is 10.5 Å². The second kappa shape index (κ2) is 4.39. The Morgan fingerprint density at radius 2 is 2.58 bits per heavy atom. The van der Waals surface area contributed by atoms with Gasteiger partial charge in [-0.25, -0.2) is 4.98 Å². The number of hydrogen-bond acceptors (Lipinski definition) is 6. The first-order valence-corrected chi connectivity index (χ1v) is 4.88. The molecule has 0 aromatic carbocycles. The van der Waals surface area contributed by atoms with Crippen LogP contribution in [0.4, 0.5) is 5.00 Å². The number of thiazole rings is 1. The van der Waals surface area contributed by atoms with Crippen LogP contribution >= 0.6 is 23.1 Å². The Labute approximate surface area is 76.6 Å². The number of aromatic nitrogens is 1. The van der Waals surface area contributed by atoms with Crippen LogP contribution in [-0.2, 0) is 0 Å². The lowest BCUT2D eigenvalue weighted by Gasteiger charge is -1.88. The minimum absolute atomic E-state index is 0.0374. The van der Waals surface area contributed by atoms with E-state index < -0.39 is 4.92 Å². The van der Waals surface area contributed by atoms with Gasteiger partial charge in [-0.3, -0.25) is 10.1 Å². The molecule has 0 bridgehead atoms. The maximum absolute atomic E-state index is 10.2. The van der Waals surface area contributed by atoms with Gasteiger partial charge in [-0.1, -0.05) is 11.8 Å². The van der Waals surface area contributed by atoms with Crippen LogP contribution < -0.4 is 0 Å². The van der Waals surface area contributed by atoms with Crippen LogP contribution in [0, 0.1) is 10.1 Å². The van der Waals surface area contributed by atoms with Gasteiger partial charge in [0.2, 0.25) is 0 Å². The van der Waals surface area contributed by atoms with Gasteiger partial charge in [-0.2, -0.15) is 0 Å². The minimum Gasteiger partial charge on any atom is -0.396 e. The van der Waals surface area contributed by atoms with Gasteiger partial charge in [-0.05, 0) is 11.3 Å². The first-order valence-electron chi connectivity index (χ1n) is 3.08. The summed E-state index contributed by atoms with van der Waals surface area (Å²) in [5.74, 6) is 0.519. The molecule has 0 amide bonds. The molecule has 5 nitrogen and oxygen atoms in total. The van der Waals surface area contributed by atoms with Gasteiger partial charge >= 0.3 is 5.00 Å². The number of thioether (sulfide) groups is 1. The van der Waals surface area contributed by atoms with Gasteiger partial charge in [-0.15, -0.1) is 0 Å². The summed E-state index contributed by atoms with van der Waals surface area (Å²) in [6.45, 7) is 0.0536. The summed E-state index contributed by atoms with van der Waals surface area (Å²) in [4.78, 5) is 13.5. The second-order valence-electron chi connectivity index (χ2n) is 1.79. The Kier molecular flexibility index (Phi) is 3.45. The van der Waals surface area contributed by atoms with Crippen molar-refractivity contribution in [3.05, 3.63) is 16.3 Å². The molecule has 0 saturated heterocycles. The van der Waals surface area contributed by atoms with Crippen LogP contribution in [0.5, 0.6) is 0 Å². The van der Waals surface area contributed by atoms with Crippen molar-refractivity contribution in [3.63, 3.8) is 0 Å². The standard InChI is InChI=1S/C5H6N2O3S2/c8-1-2-11-5-6-3-4(12-5)7(9)10/h3,8H,1-2H2. The molecule has 0 aliphatic heterocycles. The van der Waals surface area contributed by atoms with Crippen molar-refractivity contribution in [2.24, 2.45) is 0 Å². The molecule has 0 unspecified atom stereocenters. The highest BCUT2D eigenvalue weighted by Crippen LogP contribution is 2.28. The first kappa shape index (κ1) is 9.43. The molecule has 0 saturated carbocycles.